The van der Waals surface area contributed by atoms with Crippen molar-refractivity contribution in [3.63, 3.8) is 0 Å². The Kier molecular flexibility index (Phi) is 6.52. The Morgan fingerprint density at radius 3 is 2.23 bits per heavy atom. The molecule has 0 saturated carbocycles. The molecule has 0 aliphatic rings. The van der Waals surface area contributed by atoms with E-state index in [1.165, 1.54) is 0 Å². The monoisotopic (exact) mass is 402 g/mol. The van der Waals surface area contributed by atoms with E-state index in [1.807, 2.05) is 75.4 Å². The predicted octanol–water partition coefficient (Wildman–Crippen LogP) is 5.54. The van der Waals surface area contributed by atoms with Crippen molar-refractivity contribution >= 4 is 28.9 Å². The third kappa shape index (κ3) is 5.06. The van der Waals surface area contributed by atoms with Crippen molar-refractivity contribution in [3.8, 4) is 0 Å². The van der Waals surface area contributed by atoms with Crippen LogP contribution in [0.5, 0.6) is 0 Å². The van der Waals surface area contributed by atoms with Gasteiger partial charge in [-0.2, -0.15) is 0 Å². The van der Waals surface area contributed by atoms with Gasteiger partial charge in [0.2, 0.25) is 0 Å². The van der Waals surface area contributed by atoms with E-state index in [2.05, 4.69) is 10.6 Å². The highest BCUT2D eigenvalue weighted by Gasteiger charge is 2.21. The lowest BCUT2D eigenvalue weighted by Gasteiger charge is -2.17. The summed E-state index contributed by atoms with van der Waals surface area (Å²) in [6.07, 6.45) is -0.937. The topological polar surface area (TPSA) is 67.4 Å². The number of amides is 1. The van der Waals surface area contributed by atoms with E-state index in [0.717, 1.165) is 22.4 Å². The third-order valence-electron chi connectivity index (χ3n) is 4.99. The normalized spacial score (nSPS) is 11.5. The summed E-state index contributed by atoms with van der Waals surface area (Å²) in [5, 5.41) is 6.07. The zero-order valence-corrected chi connectivity index (χ0v) is 17.7. The SMILES string of the molecule is Cc1ccc(NC(=O)[C@@H](C)OC(=O)c2ccccc2Nc2cccc(C)c2C)cc1. The molecule has 0 spiro atoms. The van der Waals surface area contributed by atoms with Crippen LogP contribution in [0.25, 0.3) is 0 Å². The molecular formula is C25H26N2O3. The summed E-state index contributed by atoms with van der Waals surface area (Å²) in [5.41, 5.74) is 5.93. The first-order valence-corrected chi connectivity index (χ1v) is 9.86. The van der Waals surface area contributed by atoms with Gasteiger partial charge in [0, 0.05) is 11.4 Å². The van der Waals surface area contributed by atoms with E-state index in [0.29, 0.717) is 16.9 Å². The summed E-state index contributed by atoms with van der Waals surface area (Å²) in [7, 11) is 0. The molecule has 0 fully saturated rings. The lowest BCUT2D eigenvalue weighted by atomic mass is 10.1. The molecule has 30 heavy (non-hydrogen) atoms. The van der Waals surface area contributed by atoms with Crippen LogP contribution in [0, 0.1) is 20.8 Å². The molecule has 0 bridgehead atoms. The Morgan fingerprint density at radius 1 is 0.833 bits per heavy atom. The summed E-state index contributed by atoms with van der Waals surface area (Å²) >= 11 is 0. The summed E-state index contributed by atoms with van der Waals surface area (Å²) in [6, 6.07) is 20.5. The second-order valence-corrected chi connectivity index (χ2v) is 7.32. The number of rotatable bonds is 6. The van der Waals surface area contributed by atoms with Gasteiger partial charge in [-0.3, -0.25) is 4.79 Å². The van der Waals surface area contributed by atoms with E-state index in [-0.39, 0.29) is 5.91 Å². The number of carbonyl (C=O) groups is 2. The number of ether oxygens (including phenoxy) is 1. The number of hydrogen-bond acceptors (Lipinski definition) is 4. The number of hydrogen-bond donors (Lipinski definition) is 2. The van der Waals surface area contributed by atoms with E-state index < -0.39 is 12.1 Å². The smallest absolute Gasteiger partial charge is 0.341 e. The summed E-state index contributed by atoms with van der Waals surface area (Å²) in [6.45, 7) is 7.59. The third-order valence-corrected chi connectivity index (χ3v) is 4.99. The van der Waals surface area contributed by atoms with Crippen LogP contribution < -0.4 is 10.6 Å². The lowest BCUT2D eigenvalue weighted by Crippen LogP contribution is -2.30. The van der Waals surface area contributed by atoms with E-state index >= 15 is 0 Å². The molecule has 0 aromatic heterocycles. The van der Waals surface area contributed by atoms with Gasteiger partial charge in [-0.1, -0.05) is 42.0 Å². The number of carbonyl (C=O) groups excluding carboxylic acids is 2. The first-order valence-electron chi connectivity index (χ1n) is 9.86. The van der Waals surface area contributed by atoms with Crippen LogP contribution in [-0.4, -0.2) is 18.0 Å². The van der Waals surface area contributed by atoms with Gasteiger partial charge in [0.15, 0.2) is 6.10 Å². The van der Waals surface area contributed by atoms with Crippen LogP contribution in [0.15, 0.2) is 66.7 Å². The Morgan fingerprint density at radius 2 is 1.50 bits per heavy atom. The average molecular weight is 402 g/mol. The number of nitrogens with one attached hydrogen (secondary N) is 2. The number of anilines is 3. The molecule has 0 aliphatic carbocycles. The quantitative estimate of drug-likeness (QED) is 0.531. The van der Waals surface area contributed by atoms with Crippen molar-refractivity contribution in [3.05, 3.63) is 89.0 Å². The van der Waals surface area contributed by atoms with Crippen LogP contribution in [0.2, 0.25) is 0 Å². The van der Waals surface area contributed by atoms with E-state index in [1.54, 1.807) is 19.1 Å². The second kappa shape index (κ2) is 9.27. The van der Waals surface area contributed by atoms with Gasteiger partial charge in [-0.15, -0.1) is 0 Å². The molecule has 3 aromatic carbocycles. The minimum atomic E-state index is -0.937. The van der Waals surface area contributed by atoms with E-state index in [9.17, 15) is 9.59 Å². The van der Waals surface area contributed by atoms with Gasteiger partial charge in [0.05, 0.1) is 11.3 Å². The minimum absolute atomic E-state index is 0.369. The number of para-hydroxylation sites is 1. The standard InChI is InChI=1S/C25H26N2O3/c1-16-12-14-20(15-13-16)26-24(28)19(4)30-25(29)21-9-5-6-10-23(21)27-22-11-7-8-17(2)18(22)3/h5-15,19,27H,1-4H3,(H,26,28)/t19-/m1/s1. The fourth-order valence-corrected chi connectivity index (χ4v) is 2.96. The summed E-state index contributed by atoms with van der Waals surface area (Å²) in [5.74, 6) is -0.942. The number of esters is 1. The first-order chi connectivity index (χ1) is 14.3. The molecule has 1 atom stereocenters. The van der Waals surface area contributed by atoms with Crippen LogP contribution in [0.1, 0.15) is 34.0 Å². The van der Waals surface area contributed by atoms with Crippen molar-refractivity contribution in [1.29, 1.82) is 0 Å². The van der Waals surface area contributed by atoms with Gasteiger partial charge in [-0.05, 0) is 69.2 Å². The first kappa shape index (κ1) is 21.1. The Hall–Kier alpha value is -3.60. The summed E-state index contributed by atoms with van der Waals surface area (Å²) < 4.78 is 5.44. The van der Waals surface area contributed by atoms with Crippen LogP contribution in [0.4, 0.5) is 17.1 Å². The fraction of sp³-hybridized carbons (Fsp3) is 0.200. The lowest BCUT2D eigenvalue weighted by molar-refractivity contribution is -0.123. The van der Waals surface area contributed by atoms with Gasteiger partial charge >= 0.3 is 5.97 Å². The molecule has 0 heterocycles. The van der Waals surface area contributed by atoms with Crippen molar-refractivity contribution < 1.29 is 14.3 Å². The molecule has 3 aromatic rings. The van der Waals surface area contributed by atoms with Crippen LogP contribution >= 0.6 is 0 Å². The van der Waals surface area contributed by atoms with Gasteiger partial charge in [0.25, 0.3) is 5.91 Å². The van der Waals surface area contributed by atoms with Crippen molar-refractivity contribution in [2.75, 3.05) is 10.6 Å². The molecule has 0 aliphatic heterocycles. The molecule has 5 heteroatoms. The maximum absolute atomic E-state index is 12.8. The predicted molar refractivity (Wildman–Crippen MR) is 120 cm³/mol. The van der Waals surface area contributed by atoms with Crippen LogP contribution in [0.3, 0.4) is 0 Å². The largest absolute Gasteiger partial charge is 0.449 e. The average Bonchev–Trinajstić information content (AvgIpc) is 2.73. The summed E-state index contributed by atoms with van der Waals surface area (Å²) in [4.78, 5) is 25.2. The highest BCUT2D eigenvalue weighted by molar-refractivity contribution is 6.00. The van der Waals surface area contributed by atoms with Gasteiger partial charge in [0.1, 0.15) is 0 Å². The minimum Gasteiger partial charge on any atom is -0.449 e. The molecule has 0 radical (unpaired) electrons. The highest BCUT2D eigenvalue weighted by atomic mass is 16.5. The Labute approximate surface area is 177 Å². The molecule has 3 rings (SSSR count). The highest BCUT2D eigenvalue weighted by Crippen LogP contribution is 2.26. The maximum atomic E-state index is 12.8. The molecule has 5 nitrogen and oxygen atoms in total. The number of benzene rings is 3. The van der Waals surface area contributed by atoms with Crippen LogP contribution in [-0.2, 0) is 9.53 Å². The molecular weight excluding hydrogens is 376 g/mol. The Bertz CT molecular complexity index is 1060. The van der Waals surface area contributed by atoms with Gasteiger partial charge < -0.3 is 15.4 Å². The molecule has 0 saturated heterocycles. The molecule has 0 unspecified atom stereocenters. The van der Waals surface area contributed by atoms with Crippen molar-refractivity contribution in [2.45, 2.75) is 33.8 Å². The van der Waals surface area contributed by atoms with E-state index in [4.69, 9.17) is 4.74 Å². The van der Waals surface area contributed by atoms with Gasteiger partial charge in [-0.25, -0.2) is 4.79 Å². The van der Waals surface area contributed by atoms with Crippen molar-refractivity contribution in [1.82, 2.24) is 0 Å². The van der Waals surface area contributed by atoms with Crippen molar-refractivity contribution in [2.24, 2.45) is 0 Å². The molecule has 1 amide bonds. The maximum Gasteiger partial charge on any atom is 0.341 e. The second-order valence-electron chi connectivity index (χ2n) is 7.32. The Balaban J connectivity index is 1.71. The number of aryl methyl sites for hydroxylation is 2. The zero-order valence-electron chi connectivity index (χ0n) is 17.7. The zero-order chi connectivity index (χ0) is 21.7. The molecule has 154 valence electrons. The molecule has 2 N–H and O–H groups in total. The fourth-order valence-electron chi connectivity index (χ4n) is 2.96.